The van der Waals surface area contributed by atoms with Crippen molar-refractivity contribution in [2.45, 2.75) is 38.3 Å². The molecule has 1 rings (SSSR count). The topological polar surface area (TPSA) is 36.4 Å². The molecule has 1 heterocycles. The molecular weight excluding hydrogens is 244 g/mol. The third kappa shape index (κ3) is 4.01. The SMILES string of the molecule is CC(O)CCN(C)C(C)c1nc(CCl)cs1. The molecule has 0 aliphatic rings. The molecule has 2 atom stereocenters. The highest BCUT2D eigenvalue weighted by molar-refractivity contribution is 7.09. The minimum Gasteiger partial charge on any atom is -0.393 e. The highest BCUT2D eigenvalue weighted by atomic mass is 35.5. The fraction of sp³-hybridized carbons (Fsp3) is 0.727. The molecular formula is C11H19ClN2OS. The number of hydrogen-bond donors (Lipinski definition) is 1. The Morgan fingerprint density at radius 3 is 2.75 bits per heavy atom. The summed E-state index contributed by atoms with van der Waals surface area (Å²) in [5, 5.41) is 12.3. The Hall–Kier alpha value is -0.160. The molecule has 0 spiro atoms. The van der Waals surface area contributed by atoms with Crippen LogP contribution >= 0.6 is 22.9 Å². The maximum Gasteiger partial charge on any atom is 0.110 e. The van der Waals surface area contributed by atoms with Crippen LogP contribution in [0.5, 0.6) is 0 Å². The molecule has 0 bridgehead atoms. The van der Waals surface area contributed by atoms with Gasteiger partial charge in [-0.25, -0.2) is 4.98 Å². The lowest BCUT2D eigenvalue weighted by Crippen LogP contribution is -2.25. The van der Waals surface area contributed by atoms with Crippen LogP contribution in [0.3, 0.4) is 0 Å². The van der Waals surface area contributed by atoms with E-state index in [9.17, 15) is 5.11 Å². The number of thiazole rings is 1. The van der Waals surface area contributed by atoms with E-state index in [0.717, 1.165) is 23.7 Å². The van der Waals surface area contributed by atoms with Gasteiger partial charge in [0, 0.05) is 11.9 Å². The van der Waals surface area contributed by atoms with Gasteiger partial charge in [-0.05, 0) is 27.3 Å². The Morgan fingerprint density at radius 1 is 1.56 bits per heavy atom. The Kier molecular flexibility index (Phi) is 5.69. The summed E-state index contributed by atoms with van der Waals surface area (Å²) in [5.74, 6) is 0.473. The van der Waals surface area contributed by atoms with Crippen molar-refractivity contribution < 1.29 is 5.11 Å². The van der Waals surface area contributed by atoms with E-state index in [-0.39, 0.29) is 12.1 Å². The Morgan fingerprint density at radius 2 is 2.25 bits per heavy atom. The summed E-state index contributed by atoms with van der Waals surface area (Å²) in [6.45, 7) is 4.81. The zero-order valence-corrected chi connectivity index (χ0v) is 11.6. The monoisotopic (exact) mass is 262 g/mol. The number of rotatable bonds is 6. The van der Waals surface area contributed by atoms with E-state index in [1.165, 1.54) is 0 Å². The highest BCUT2D eigenvalue weighted by Crippen LogP contribution is 2.23. The lowest BCUT2D eigenvalue weighted by Gasteiger charge is -2.23. The van der Waals surface area contributed by atoms with Crippen LogP contribution in [0.1, 0.15) is 37.0 Å². The number of hydrogen-bond acceptors (Lipinski definition) is 4. The number of nitrogens with zero attached hydrogens (tertiary/aromatic N) is 2. The first kappa shape index (κ1) is 13.9. The molecule has 1 aromatic heterocycles. The lowest BCUT2D eigenvalue weighted by atomic mass is 10.2. The van der Waals surface area contributed by atoms with Crippen molar-refractivity contribution in [1.82, 2.24) is 9.88 Å². The summed E-state index contributed by atoms with van der Waals surface area (Å²) in [5.41, 5.74) is 0.942. The van der Waals surface area contributed by atoms with Gasteiger partial charge in [-0.2, -0.15) is 0 Å². The van der Waals surface area contributed by atoms with E-state index in [1.54, 1.807) is 11.3 Å². The second-order valence-corrected chi connectivity index (χ2v) is 5.26. The third-order valence-corrected chi connectivity index (χ3v) is 3.96. The van der Waals surface area contributed by atoms with E-state index in [4.69, 9.17) is 11.6 Å². The van der Waals surface area contributed by atoms with Gasteiger partial charge in [0.15, 0.2) is 0 Å². The van der Waals surface area contributed by atoms with Crippen LogP contribution in [0.2, 0.25) is 0 Å². The molecule has 0 saturated heterocycles. The first-order valence-electron chi connectivity index (χ1n) is 5.43. The molecule has 0 radical (unpaired) electrons. The molecule has 0 aliphatic carbocycles. The molecule has 0 saturated carbocycles. The van der Waals surface area contributed by atoms with Crippen molar-refractivity contribution in [2.75, 3.05) is 13.6 Å². The Labute approximate surface area is 106 Å². The van der Waals surface area contributed by atoms with Gasteiger partial charge in [0.05, 0.1) is 23.7 Å². The van der Waals surface area contributed by atoms with E-state index in [2.05, 4.69) is 23.9 Å². The first-order valence-corrected chi connectivity index (χ1v) is 6.84. The summed E-state index contributed by atoms with van der Waals surface area (Å²) in [6, 6.07) is 0.278. The summed E-state index contributed by atoms with van der Waals surface area (Å²) < 4.78 is 0. The number of aromatic nitrogens is 1. The summed E-state index contributed by atoms with van der Waals surface area (Å²) in [6.07, 6.45) is 0.540. The summed E-state index contributed by atoms with van der Waals surface area (Å²) in [4.78, 5) is 6.66. The third-order valence-electron chi connectivity index (χ3n) is 2.62. The molecule has 0 aliphatic heterocycles. The van der Waals surface area contributed by atoms with Crippen molar-refractivity contribution in [2.24, 2.45) is 0 Å². The van der Waals surface area contributed by atoms with Gasteiger partial charge in [0.25, 0.3) is 0 Å². The maximum atomic E-state index is 9.24. The molecule has 0 amide bonds. The zero-order chi connectivity index (χ0) is 12.1. The summed E-state index contributed by atoms with van der Waals surface area (Å²) in [7, 11) is 2.05. The predicted molar refractivity (Wildman–Crippen MR) is 69.0 cm³/mol. The minimum atomic E-state index is -0.246. The van der Waals surface area contributed by atoms with E-state index in [0.29, 0.717) is 5.88 Å². The average molecular weight is 263 g/mol. The quantitative estimate of drug-likeness (QED) is 0.801. The molecule has 92 valence electrons. The molecule has 3 nitrogen and oxygen atoms in total. The van der Waals surface area contributed by atoms with Crippen LogP contribution in [-0.2, 0) is 5.88 Å². The average Bonchev–Trinajstić information content (AvgIpc) is 2.73. The Balaban J connectivity index is 2.52. The molecule has 5 heteroatoms. The molecule has 1 N–H and O–H groups in total. The highest BCUT2D eigenvalue weighted by Gasteiger charge is 2.15. The van der Waals surface area contributed by atoms with Crippen LogP contribution < -0.4 is 0 Å². The van der Waals surface area contributed by atoms with Crippen LogP contribution in [0.4, 0.5) is 0 Å². The fourth-order valence-corrected chi connectivity index (χ4v) is 2.52. The van der Waals surface area contributed by atoms with Gasteiger partial charge >= 0.3 is 0 Å². The van der Waals surface area contributed by atoms with Crippen molar-refractivity contribution >= 4 is 22.9 Å². The zero-order valence-electron chi connectivity index (χ0n) is 9.98. The van der Waals surface area contributed by atoms with Crippen molar-refractivity contribution in [3.8, 4) is 0 Å². The molecule has 2 unspecified atom stereocenters. The standard InChI is InChI=1S/C11H19ClN2OS/c1-8(15)4-5-14(3)9(2)11-13-10(6-12)7-16-11/h7-9,15H,4-6H2,1-3H3. The molecule has 0 aromatic carbocycles. The normalized spacial score (nSPS) is 15.4. The van der Waals surface area contributed by atoms with Crippen LogP contribution in [-0.4, -0.2) is 34.7 Å². The van der Waals surface area contributed by atoms with Crippen LogP contribution in [0, 0.1) is 0 Å². The van der Waals surface area contributed by atoms with Crippen molar-refractivity contribution in [3.05, 3.63) is 16.1 Å². The largest absolute Gasteiger partial charge is 0.393 e. The molecule has 1 aromatic rings. The minimum absolute atomic E-state index is 0.246. The number of aliphatic hydroxyl groups excluding tert-OH is 1. The molecule has 16 heavy (non-hydrogen) atoms. The van der Waals surface area contributed by atoms with Gasteiger partial charge < -0.3 is 5.11 Å². The predicted octanol–water partition coefficient (Wildman–Crippen LogP) is 2.65. The molecule has 0 fully saturated rings. The first-order chi connectivity index (χ1) is 7.54. The van der Waals surface area contributed by atoms with E-state index >= 15 is 0 Å². The van der Waals surface area contributed by atoms with Gasteiger partial charge in [-0.1, -0.05) is 0 Å². The maximum absolute atomic E-state index is 9.24. The second-order valence-electron chi connectivity index (χ2n) is 4.10. The van der Waals surface area contributed by atoms with Crippen LogP contribution in [0.25, 0.3) is 0 Å². The summed E-state index contributed by atoms with van der Waals surface area (Å²) >= 11 is 7.37. The number of halogens is 1. The van der Waals surface area contributed by atoms with Gasteiger partial charge in [-0.3, -0.25) is 4.90 Å². The van der Waals surface area contributed by atoms with Crippen molar-refractivity contribution in [3.63, 3.8) is 0 Å². The lowest BCUT2D eigenvalue weighted by molar-refractivity contribution is 0.152. The van der Waals surface area contributed by atoms with Gasteiger partial charge in [-0.15, -0.1) is 22.9 Å². The van der Waals surface area contributed by atoms with E-state index in [1.807, 2.05) is 12.3 Å². The van der Waals surface area contributed by atoms with Gasteiger partial charge in [0.1, 0.15) is 5.01 Å². The van der Waals surface area contributed by atoms with E-state index < -0.39 is 0 Å². The second kappa shape index (κ2) is 6.55. The van der Waals surface area contributed by atoms with Crippen molar-refractivity contribution in [1.29, 1.82) is 0 Å². The number of aliphatic hydroxyl groups is 1. The van der Waals surface area contributed by atoms with Crippen LogP contribution in [0.15, 0.2) is 5.38 Å². The number of alkyl halides is 1. The Bertz CT molecular complexity index is 317. The van der Waals surface area contributed by atoms with Gasteiger partial charge in [0.2, 0.25) is 0 Å². The smallest absolute Gasteiger partial charge is 0.110 e. The fourth-order valence-electron chi connectivity index (χ4n) is 1.35.